The molecule has 0 bridgehead atoms. The quantitative estimate of drug-likeness (QED) is 0.814. The van der Waals surface area contributed by atoms with E-state index in [1.165, 1.54) is 6.07 Å². The average molecular weight is 240 g/mol. The minimum Gasteiger partial charge on any atom is -0.367 e. The van der Waals surface area contributed by atoms with E-state index in [1.54, 1.807) is 30.6 Å². The lowest BCUT2D eigenvalue weighted by Gasteiger charge is -2.04. The Morgan fingerprint density at radius 2 is 1.87 bits per heavy atom. The Bertz CT molecular complexity index is 548. The van der Waals surface area contributed by atoms with Gasteiger partial charge in [-0.2, -0.15) is 0 Å². The van der Waals surface area contributed by atoms with Gasteiger partial charge in [-0.3, -0.25) is 4.79 Å². The molecule has 2 aromatic rings. The minimum absolute atomic E-state index is 0.0853. The summed E-state index contributed by atoms with van der Waals surface area (Å²) < 4.78 is 0. The van der Waals surface area contributed by atoms with Gasteiger partial charge in [-0.1, -0.05) is 35.3 Å². The zero-order chi connectivity index (χ0) is 10.8. The van der Waals surface area contributed by atoms with Gasteiger partial charge in [0.05, 0.1) is 10.0 Å². The predicted octanol–water partition coefficient (Wildman–Crippen LogP) is 3.35. The molecule has 1 aromatic carbocycles. The van der Waals surface area contributed by atoms with Gasteiger partial charge in [0.1, 0.15) is 0 Å². The summed E-state index contributed by atoms with van der Waals surface area (Å²) in [4.78, 5) is 14.4. The second-order valence-corrected chi connectivity index (χ2v) is 3.81. The highest BCUT2D eigenvalue weighted by Gasteiger charge is 2.08. The molecule has 1 heterocycles. The van der Waals surface area contributed by atoms with Crippen molar-refractivity contribution < 1.29 is 0 Å². The lowest BCUT2D eigenvalue weighted by Crippen LogP contribution is -2.02. The Labute approximate surface area is 96.5 Å². The van der Waals surface area contributed by atoms with Crippen molar-refractivity contribution >= 4 is 23.2 Å². The fourth-order valence-electron chi connectivity index (χ4n) is 1.34. The van der Waals surface area contributed by atoms with Crippen LogP contribution in [0.15, 0.2) is 41.5 Å². The van der Waals surface area contributed by atoms with E-state index in [0.717, 1.165) is 0 Å². The molecule has 0 fully saturated rings. The van der Waals surface area contributed by atoms with Gasteiger partial charge in [-0.15, -0.1) is 0 Å². The fourth-order valence-corrected chi connectivity index (χ4v) is 1.74. The van der Waals surface area contributed by atoms with Gasteiger partial charge in [0, 0.05) is 29.6 Å². The number of pyridine rings is 1. The van der Waals surface area contributed by atoms with Crippen molar-refractivity contribution in [3.05, 3.63) is 56.9 Å². The molecule has 0 amide bonds. The molecule has 0 spiro atoms. The third-order valence-electron chi connectivity index (χ3n) is 2.07. The van der Waals surface area contributed by atoms with Gasteiger partial charge in [-0.05, 0) is 6.07 Å². The molecule has 0 atom stereocenters. The van der Waals surface area contributed by atoms with Gasteiger partial charge in [0.25, 0.3) is 0 Å². The summed E-state index contributed by atoms with van der Waals surface area (Å²) in [5, 5.41) is 0.841. The molecule has 0 radical (unpaired) electrons. The number of rotatable bonds is 1. The summed E-state index contributed by atoms with van der Waals surface area (Å²) in [7, 11) is 0. The van der Waals surface area contributed by atoms with E-state index >= 15 is 0 Å². The highest BCUT2D eigenvalue weighted by atomic mass is 35.5. The summed E-state index contributed by atoms with van der Waals surface area (Å²) in [5.74, 6) is 0. The first-order valence-corrected chi connectivity index (χ1v) is 5.07. The maximum Gasteiger partial charge on any atom is 0.189 e. The molecule has 0 aliphatic rings. The van der Waals surface area contributed by atoms with Crippen LogP contribution in [0.2, 0.25) is 10.0 Å². The average Bonchev–Trinajstić information content (AvgIpc) is 2.23. The lowest BCUT2D eigenvalue weighted by atomic mass is 10.1. The molecule has 0 saturated carbocycles. The van der Waals surface area contributed by atoms with E-state index in [9.17, 15) is 4.79 Å². The number of H-pyrrole nitrogens is 1. The van der Waals surface area contributed by atoms with E-state index in [-0.39, 0.29) is 5.43 Å². The molecule has 0 saturated heterocycles. The Hall–Kier alpha value is -1.25. The first-order chi connectivity index (χ1) is 7.20. The summed E-state index contributed by atoms with van der Waals surface area (Å²) in [6.45, 7) is 0. The zero-order valence-corrected chi connectivity index (χ0v) is 9.14. The van der Waals surface area contributed by atoms with Crippen LogP contribution in [0, 0.1) is 0 Å². The van der Waals surface area contributed by atoms with Crippen molar-refractivity contribution in [1.82, 2.24) is 4.98 Å². The molecule has 0 unspecified atom stereocenters. The summed E-state index contributed by atoms with van der Waals surface area (Å²) in [5.41, 5.74) is 1.08. The van der Waals surface area contributed by atoms with Crippen molar-refractivity contribution in [2.45, 2.75) is 0 Å². The Balaban J connectivity index is 2.70. The Morgan fingerprint density at radius 1 is 1.07 bits per heavy atom. The molecular weight excluding hydrogens is 233 g/mol. The number of hydrogen-bond acceptors (Lipinski definition) is 1. The Morgan fingerprint density at radius 3 is 2.60 bits per heavy atom. The van der Waals surface area contributed by atoms with Gasteiger partial charge >= 0.3 is 0 Å². The van der Waals surface area contributed by atoms with E-state index in [1.807, 2.05) is 0 Å². The lowest BCUT2D eigenvalue weighted by molar-refractivity contribution is 1.30. The molecule has 0 aliphatic heterocycles. The monoisotopic (exact) mass is 239 g/mol. The van der Waals surface area contributed by atoms with Crippen LogP contribution >= 0.6 is 23.2 Å². The highest BCUT2D eigenvalue weighted by molar-refractivity contribution is 6.43. The number of aromatic nitrogens is 1. The van der Waals surface area contributed by atoms with Crippen LogP contribution in [0.5, 0.6) is 0 Å². The smallest absolute Gasteiger partial charge is 0.189 e. The van der Waals surface area contributed by atoms with Crippen molar-refractivity contribution in [3.63, 3.8) is 0 Å². The Kier molecular flexibility index (Phi) is 2.80. The largest absolute Gasteiger partial charge is 0.367 e. The number of halogens is 2. The molecule has 0 aliphatic carbocycles. The van der Waals surface area contributed by atoms with Gasteiger partial charge < -0.3 is 4.98 Å². The second-order valence-electron chi connectivity index (χ2n) is 3.02. The SMILES string of the molecule is O=c1cc[nH]cc1-c1cccc(Cl)c1Cl. The topological polar surface area (TPSA) is 32.9 Å². The van der Waals surface area contributed by atoms with Crippen molar-refractivity contribution in [2.75, 3.05) is 0 Å². The van der Waals surface area contributed by atoms with E-state index in [4.69, 9.17) is 23.2 Å². The minimum atomic E-state index is -0.0853. The number of nitrogens with one attached hydrogen (secondary N) is 1. The normalized spacial score (nSPS) is 10.3. The maximum absolute atomic E-state index is 11.6. The van der Waals surface area contributed by atoms with E-state index < -0.39 is 0 Å². The van der Waals surface area contributed by atoms with Gasteiger partial charge in [-0.25, -0.2) is 0 Å². The first-order valence-electron chi connectivity index (χ1n) is 4.31. The molecule has 2 nitrogen and oxygen atoms in total. The second kappa shape index (κ2) is 4.09. The number of aromatic amines is 1. The maximum atomic E-state index is 11.6. The highest BCUT2D eigenvalue weighted by Crippen LogP contribution is 2.31. The van der Waals surface area contributed by atoms with E-state index in [2.05, 4.69) is 4.98 Å². The van der Waals surface area contributed by atoms with Gasteiger partial charge in [0.2, 0.25) is 0 Å². The molecule has 2 rings (SSSR count). The molecule has 1 aromatic heterocycles. The van der Waals surface area contributed by atoms with Crippen LogP contribution < -0.4 is 5.43 Å². The van der Waals surface area contributed by atoms with Crippen LogP contribution in [0.25, 0.3) is 11.1 Å². The number of benzene rings is 1. The van der Waals surface area contributed by atoms with Crippen LogP contribution in [-0.4, -0.2) is 4.98 Å². The van der Waals surface area contributed by atoms with Crippen molar-refractivity contribution in [2.24, 2.45) is 0 Å². The van der Waals surface area contributed by atoms with Crippen LogP contribution in [0.4, 0.5) is 0 Å². The number of hydrogen-bond donors (Lipinski definition) is 1. The van der Waals surface area contributed by atoms with Gasteiger partial charge in [0.15, 0.2) is 5.43 Å². The summed E-state index contributed by atoms with van der Waals surface area (Å²) >= 11 is 11.9. The van der Waals surface area contributed by atoms with Crippen LogP contribution in [0.3, 0.4) is 0 Å². The molecule has 4 heteroatoms. The third-order valence-corrected chi connectivity index (χ3v) is 2.88. The van der Waals surface area contributed by atoms with Crippen LogP contribution in [-0.2, 0) is 0 Å². The van der Waals surface area contributed by atoms with Crippen molar-refractivity contribution in [3.8, 4) is 11.1 Å². The van der Waals surface area contributed by atoms with E-state index in [0.29, 0.717) is 21.2 Å². The zero-order valence-electron chi connectivity index (χ0n) is 7.63. The molecular formula is C11H7Cl2NO. The predicted molar refractivity (Wildman–Crippen MR) is 62.5 cm³/mol. The standard InChI is InChI=1S/C11H7Cl2NO/c12-9-3-1-2-7(11(9)13)8-6-14-5-4-10(8)15/h1-6H,(H,14,15). The van der Waals surface area contributed by atoms with Crippen LogP contribution in [0.1, 0.15) is 0 Å². The fraction of sp³-hybridized carbons (Fsp3) is 0. The van der Waals surface area contributed by atoms with Crippen molar-refractivity contribution in [1.29, 1.82) is 0 Å². The molecule has 76 valence electrons. The third kappa shape index (κ3) is 1.91. The first kappa shape index (κ1) is 10.3. The summed E-state index contributed by atoms with van der Waals surface area (Å²) in [6.07, 6.45) is 3.18. The summed E-state index contributed by atoms with van der Waals surface area (Å²) in [6, 6.07) is 6.66. The molecule has 1 N–H and O–H groups in total. The molecule has 15 heavy (non-hydrogen) atoms.